The van der Waals surface area contributed by atoms with E-state index in [0.29, 0.717) is 16.7 Å². The van der Waals surface area contributed by atoms with Gasteiger partial charge in [-0.2, -0.15) is 10.5 Å². The molecule has 1 rings (SSSR count). The van der Waals surface area contributed by atoms with Crippen molar-refractivity contribution in [1.82, 2.24) is 0 Å². The van der Waals surface area contributed by atoms with Crippen LogP contribution in [0.3, 0.4) is 0 Å². The largest absolute Gasteiger partial charge is 0.235 e. The van der Waals surface area contributed by atoms with Crippen LogP contribution in [-0.2, 0) is 11.3 Å². The van der Waals surface area contributed by atoms with Gasteiger partial charge in [0.2, 0.25) is 6.08 Å². The summed E-state index contributed by atoms with van der Waals surface area (Å²) < 4.78 is 0. The summed E-state index contributed by atoms with van der Waals surface area (Å²) in [6.07, 6.45) is 1.37. The number of aliphatic imine (C=N–C) groups is 1. The number of carbonyl (C=O) groups excluding carboxylic acids is 1. The summed E-state index contributed by atoms with van der Waals surface area (Å²) in [6.45, 7) is 0.0239. The molecule has 1 aromatic carbocycles. The quantitative estimate of drug-likeness (QED) is 0.511. The van der Waals surface area contributed by atoms with Gasteiger partial charge in [-0.25, -0.2) is 9.79 Å². The van der Waals surface area contributed by atoms with Gasteiger partial charge in [-0.1, -0.05) is 6.07 Å². The highest BCUT2D eigenvalue weighted by molar-refractivity contribution is 5.49. The van der Waals surface area contributed by atoms with E-state index in [1.165, 1.54) is 6.08 Å². The van der Waals surface area contributed by atoms with E-state index in [0.717, 1.165) is 0 Å². The number of isocyanates is 1. The van der Waals surface area contributed by atoms with Gasteiger partial charge in [0.05, 0.1) is 29.8 Å². The highest BCUT2D eigenvalue weighted by Gasteiger charge is 2.06. The summed E-state index contributed by atoms with van der Waals surface area (Å²) in [5.74, 6) is 0. The van der Waals surface area contributed by atoms with Crippen molar-refractivity contribution in [2.75, 3.05) is 0 Å². The number of hydrogen-bond donors (Lipinski definition) is 0. The van der Waals surface area contributed by atoms with Crippen LogP contribution < -0.4 is 0 Å². The Labute approximate surface area is 80.7 Å². The summed E-state index contributed by atoms with van der Waals surface area (Å²) in [7, 11) is 0. The van der Waals surface area contributed by atoms with Crippen molar-refractivity contribution < 1.29 is 4.79 Å². The van der Waals surface area contributed by atoms with Gasteiger partial charge >= 0.3 is 0 Å². The van der Waals surface area contributed by atoms with Crippen LogP contribution in [0.2, 0.25) is 0 Å². The molecule has 0 unspecified atom stereocenters. The van der Waals surface area contributed by atoms with Crippen molar-refractivity contribution >= 4 is 6.08 Å². The number of benzene rings is 1. The van der Waals surface area contributed by atoms with Gasteiger partial charge in [0.25, 0.3) is 0 Å². The van der Waals surface area contributed by atoms with Gasteiger partial charge in [0.15, 0.2) is 0 Å². The van der Waals surface area contributed by atoms with Crippen LogP contribution in [-0.4, -0.2) is 6.08 Å². The second-order valence-corrected chi connectivity index (χ2v) is 2.46. The first-order valence-corrected chi connectivity index (χ1v) is 3.79. The summed E-state index contributed by atoms with van der Waals surface area (Å²) in [5, 5.41) is 17.5. The molecule has 0 aliphatic heterocycles. The van der Waals surface area contributed by atoms with E-state index in [1.54, 1.807) is 18.2 Å². The molecule has 0 spiro atoms. The van der Waals surface area contributed by atoms with Crippen LogP contribution >= 0.6 is 0 Å². The molecule has 0 aliphatic rings. The van der Waals surface area contributed by atoms with E-state index in [4.69, 9.17) is 10.5 Å². The molecule has 0 atom stereocenters. The fourth-order valence-electron chi connectivity index (χ4n) is 1.08. The van der Waals surface area contributed by atoms with Crippen LogP contribution in [0.15, 0.2) is 23.2 Å². The SMILES string of the molecule is N#Cc1cccc(C#N)c1CN=C=O. The van der Waals surface area contributed by atoms with Crippen LogP contribution in [0.25, 0.3) is 0 Å². The second-order valence-electron chi connectivity index (χ2n) is 2.46. The molecule has 0 radical (unpaired) electrons. The maximum absolute atomic E-state index is 9.92. The van der Waals surface area contributed by atoms with Gasteiger partial charge in [-0.3, -0.25) is 0 Å². The standard InChI is InChI=1S/C10H5N3O/c11-4-8-2-1-3-9(5-12)10(8)6-13-7-14/h1-3H,6H2. The molecule has 0 amide bonds. The third-order valence-electron chi connectivity index (χ3n) is 1.72. The van der Waals surface area contributed by atoms with Crippen LogP contribution in [0.5, 0.6) is 0 Å². The Morgan fingerprint density at radius 2 is 1.79 bits per heavy atom. The highest BCUT2D eigenvalue weighted by Crippen LogP contribution is 2.14. The average Bonchev–Trinajstić information content (AvgIpc) is 2.25. The summed E-state index contributed by atoms with van der Waals surface area (Å²) >= 11 is 0. The molecule has 0 aliphatic carbocycles. The lowest BCUT2D eigenvalue weighted by atomic mass is 10.0. The Morgan fingerprint density at radius 3 is 2.21 bits per heavy atom. The van der Waals surface area contributed by atoms with E-state index in [9.17, 15) is 4.79 Å². The van der Waals surface area contributed by atoms with Crippen LogP contribution in [0, 0.1) is 22.7 Å². The zero-order chi connectivity index (χ0) is 10.4. The van der Waals surface area contributed by atoms with Gasteiger partial charge in [0.1, 0.15) is 0 Å². The van der Waals surface area contributed by atoms with Crippen molar-refractivity contribution in [2.45, 2.75) is 6.54 Å². The third-order valence-corrected chi connectivity index (χ3v) is 1.72. The molecular weight excluding hydrogens is 178 g/mol. The first-order valence-electron chi connectivity index (χ1n) is 3.79. The van der Waals surface area contributed by atoms with Gasteiger partial charge in [0, 0.05) is 5.56 Å². The molecule has 0 saturated carbocycles. The molecule has 0 N–H and O–H groups in total. The van der Waals surface area contributed by atoms with E-state index in [1.807, 2.05) is 12.1 Å². The van der Waals surface area contributed by atoms with Gasteiger partial charge in [-0.15, -0.1) is 0 Å². The number of nitrogens with zero attached hydrogens (tertiary/aromatic N) is 3. The van der Waals surface area contributed by atoms with Crippen molar-refractivity contribution in [1.29, 1.82) is 10.5 Å². The zero-order valence-electron chi connectivity index (χ0n) is 7.19. The lowest BCUT2D eigenvalue weighted by Gasteiger charge is -2.00. The van der Waals surface area contributed by atoms with Crippen molar-refractivity contribution in [3.63, 3.8) is 0 Å². The molecular formula is C10H5N3O. The van der Waals surface area contributed by atoms with E-state index in [2.05, 4.69) is 4.99 Å². The van der Waals surface area contributed by atoms with E-state index in [-0.39, 0.29) is 6.54 Å². The topological polar surface area (TPSA) is 77.0 Å². The predicted molar refractivity (Wildman–Crippen MR) is 47.7 cm³/mol. The summed E-state index contributed by atoms with van der Waals surface area (Å²) in [6, 6.07) is 8.65. The molecule has 0 saturated heterocycles. The molecule has 66 valence electrons. The molecule has 4 nitrogen and oxygen atoms in total. The average molecular weight is 183 g/mol. The molecule has 0 aromatic heterocycles. The van der Waals surface area contributed by atoms with Crippen molar-refractivity contribution in [3.8, 4) is 12.1 Å². The molecule has 0 heterocycles. The fourth-order valence-corrected chi connectivity index (χ4v) is 1.08. The zero-order valence-corrected chi connectivity index (χ0v) is 7.19. The summed E-state index contributed by atoms with van der Waals surface area (Å²) in [5.41, 5.74) is 1.20. The normalized spacial score (nSPS) is 8.14. The molecule has 0 bridgehead atoms. The lowest BCUT2D eigenvalue weighted by molar-refractivity contribution is 0.562. The third kappa shape index (κ3) is 1.84. The molecule has 4 heteroatoms. The minimum atomic E-state index is 0.0239. The minimum absolute atomic E-state index is 0.0239. The van der Waals surface area contributed by atoms with Crippen molar-refractivity contribution in [2.24, 2.45) is 4.99 Å². The highest BCUT2D eigenvalue weighted by atomic mass is 16.1. The monoisotopic (exact) mass is 183 g/mol. The Kier molecular flexibility index (Phi) is 3.15. The van der Waals surface area contributed by atoms with E-state index >= 15 is 0 Å². The maximum atomic E-state index is 9.92. The lowest BCUT2D eigenvalue weighted by Crippen LogP contribution is -1.92. The summed E-state index contributed by atoms with van der Waals surface area (Å²) in [4.78, 5) is 13.3. The Morgan fingerprint density at radius 1 is 1.21 bits per heavy atom. The number of nitriles is 2. The number of hydrogen-bond acceptors (Lipinski definition) is 4. The van der Waals surface area contributed by atoms with E-state index < -0.39 is 0 Å². The van der Waals surface area contributed by atoms with Gasteiger partial charge in [-0.05, 0) is 12.1 Å². The van der Waals surface area contributed by atoms with Crippen molar-refractivity contribution in [3.05, 3.63) is 34.9 Å². The van der Waals surface area contributed by atoms with Crippen LogP contribution in [0.4, 0.5) is 0 Å². The predicted octanol–water partition coefficient (Wildman–Crippen LogP) is 1.27. The smallest absolute Gasteiger partial charge is 0.211 e. The molecule has 1 aromatic rings. The molecule has 14 heavy (non-hydrogen) atoms. The Bertz CT molecular complexity index is 441. The fraction of sp³-hybridized carbons (Fsp3) is 0.100. The first-order chi connectivity index (χ1) is 6.83. The Balaban J connectivity index is 3.29. The van der Waals surface area contributed by atoms with Crippen LogP contribution in [0.1, 0.15) is 16.7 Å². The first kappa shape index (κ1) is 9.67. The second kappa shape index (κ2) is 4.57. The van der Waals surface area contributed by atoms with Gasteiger partial charge < -0.3 is 0 Å². The minimum Gasteiger partial charge on any atom is -0.211 e. The Hall–Kier alpha value is -2.42. The number of rotatable bonds is 2. The maximum Gasteiger partial charge on any atom is 0.235 e. The molecule has 0 fully saturated rings.